The number of ether oxygens (including phenoxy) is 1. The first kappa shape index (κ1) is 17.7. The number of pyridine rings is 1. The number of hydrogen-bond donors (Lipinski definition) is 0. The smallest absolute Gasteiger partial charge is 0.310 e. The second-order valence-electron chi connectivity index (χ2n) is 6.18. The second kappa shape index (κ2) is 7.44. The predicted molar refractivity (Wildman–Crippen MR) is 94.8 cm³/mol. The van der Waals surface area contributed by atoms with Gasteiger partial charge >= 0.3 is 5.97 Å². The highest BCUT2D eigenvalue weighted by Crippen LogP contribution is 2.23. The summed E-state index contributed by atoms with van der Waals surface area (Å²) in [6, 6.07) is 3.49. The molecule has 2 aromatic rings. The van der Waals surface area contributed by atoms with Crippen LogP contribution in [0.25, 0.3) is 5.65 Å². The highest BCUT2D eigenvalue weighted by Gasteiger charge is 2.32. The largest absolute Gasteiger partial charge is 0.466 e. The highest BCUT2D eigenvalue weighted by atomic mass is 35.5. The number of piperidine rings is 1. The fourth-order valence-corrected chi connectivity index (χ4v) is 3.46. The maximum Gasteiger partial charge on any atom is 0.310 e. The van der Waals surface area contributed by atoms with E-state index in [0.29, 0.717) is 42.5 Å². The molecule has 0 radical (unpaired) electrons. The number of imidazole rings is 1. The molecule has 0 saturated carbocycles. The minimum Gasteiger partial charge on any atom is -0.466 e. The first-order valence-corrected chi connectivity index (χ1v) is 9.05. The Morgan fingerprint density at radius 3 is 2.92 bits per heavy atom. The molecule has 3 heterocycles. The third-order valence-corrected chi connectivity index (χ3v) is 4.76. The molecule has 1 saturated heterocycles. The molecule has 0 aromatic carbocycles. The number of nitrogens with zero attached hydrogens (tertiary/aromatic N) is 3. The normalized spacial score (nSPS) is 17.7. The maximum atomic E-state index is 13.1. The summed E-state index contributed by atoms with van der Waals surface area (Å²) in [5, 5.41) is 0.583. The van der Waals surface area contributed by atoms with Crippen LogP contribution in [0.4, 0.5) is 0 Å². The van der Waals surface area contributed by atoms with Crippen LogP contribution in [0.2, 0.25) is 5.02 Å². The van der Waals surface area contributed by atoms with E-state index in [1.165, 1.54) is 0 Å². The van der Waals surface area contributed by atoms with Crippen molar-refractivity contribution in [3.8, 4) is 0 Å². The summed E-state index contributed by atoms with van der Waals surface area (Å²) >= 11 is 6.04. The fourth-order valence-electron chi connectivity index (χ4n) is 3.31. The van der Waals surface area contributed by atoms with Gasteiger partial charge in [0.15, 0.2) is 0 Å². The summed E-state index contributed by atoms with van der Waals surface area (Å²) in [4.78, 5) is 31.4. The monoisotopic (exact) mass is 363 g/mol. The molecule has 6 nitrogen and oxygen atoms in total. The second-order valence-corrected chi connectivity index (χ2v) is 6.61. The Balaban J connectivity index is 1.90. The van der Waals surface area contributed by atoms with E-state index in [1.807, 2.05) is 6.92 Å². The Bertz CT molecular complexity index is 802. The molecular formula is C18H22ClN3O3. The van der Waals surface area contributed by atoms with Crippen molar-refractivity contribution in [1.82, 2.24) is 14.3 Å². The molecule has 1 aliphatic heterocycles. The first-order chi connectivity index (χ1) is 12.0. The van der Waals surface area contributed by atoms with Crippen LogP contribution in [-0.4, -0.2) is 45.9 Å². The highest BCUT2D eigenvalue weighted by molar-refractivity contribution is 6.30. The lowest BCUT2D eigenvalue weighted by Crippen LogP contribution is -2.43. The third-order valence-electron chi connectivity index (χ3n) is 4.53. The SMILES string of the molecule is CCOC(=O)C1CCCN(C(=O)c2c(CC)nc3cc(Cl)ccn23)C1. The molecule has 0 N–H and O–H groups in total. The summed E-state index contributed by atoms with van der Waals surface area (Å²) in [7, 11) is 0. The van der Waals surface area contributed by atoms with E-state index in [9.17, 15) is 9.59 Å². The number of likely N-dealkylation sites (tertiary alicyclic amines) is 1. The van der Waals surface area contributed by atoms with E-state index in [2.05, 4.69) is 4.98 Å². The van der Waals surface area contributed by atoms with Gasteiger partial charge in [0.25, 0.3) is 5.91 Å². The Labute approximate surface area is 151 Å². The molecule has 134 valence electrons. The summed E-state index contributed by atoms with van der Waals surface area (Å²) in [5.41, 5.74) is 1.95. The van der Waals surface area contributed by atoms with Crippen molar-refractivity contribution in [3.63, 3.8) is 0 Å². The van der Waals surface area contributed by atoms with E-state index in [0.717, 1.165) is 18.5 Å². The topological polar surface area (TPSA) is 63.9 Å². The number of esters is 1. The quantitative estimate of drug-likeness (QED) is 0.783. The van der Waals surface area contributed by atoms with Crippen LogP contribution in [0.3, 0.4) is 0 Å². The lowest BCUT2D eigenvalue weighted by Gasteiger charge is -2.31. The number of aryl methyl sites for hydroxylation is 1. The van der Waals surface area contributed by atoms with Crippen LogP contribution < -0.4 is 0 Å². The number of carbonyl (C=O) groups excluding carboxylic acids is 2. The number of aromatic nitrogens is 2. The lowest BCUT2D eigenvalue weighted by molar-refractivity contribution is -0.149. The van der Waals surface area contributed by atoms with Crippen molar-refractivity contribution in [3.05, 3.63) is 34.7 Å². The maximum absolute atomic E-state index is 13.1. The molecule has 7 heteroatoms. The van der Waals surface area contributed by atoms with Crippen LogP contribution in [-0.2, 0) is 16.0 Å². The van der Waals surface area contributed by atoms with E-state index in [1.54, 1.807) is 34.6 Å². The average molecular weight is 364 g/mol. The Morgan fingerprint density at radius 2 is 2.20 bits per heavy atom. The standard InChI is InChI=1S/C18H22ClN3O3/c1-3-14-16(22-9-7-13(19)10-15(22)20-14)17(23)21-8-5-6-12(11-21)18(24)25-4-2/h7,9-10,12H,3-6,8,11H2,1-2H3. The number of rotatable bonds is 4. The van der Waals surface area contributed by atoms with Crippen LogP contribution in [0.1, 0.15) is 42.9 Å². The summed E-state index contributed by atoms with van der Waals surface area (Å²) in [5.74, 6) is -0.572. The van der Waals surface area contributed by atoms with Crippen molar-refractivity contribution in [1.29, 1.82) is 0 Å². The van der Waals surface area contributed by atoms with Crippen molar-refractivity contribution in [2.75, 3.05) is 19.7 Å². The molecule has 0 bridgehead atoms. The van der Waals surface area contributed by atoms with E-state index >= 15 is 0 Å². The molecule has 25 heavy (non-hydrogen) atoms. The van der Waals surface area contributed by atoms with Crippen LogP contribution in [0.15, 0.2) is 18.3 Å². The van der Waals surface area contributed by atoms with Gasteiger partial charge in [-0.25, -0.2) is 4.98 Å². The van der Waals surface area contributed by atoms with E-state index < -0.39 is 0 Å². The van der Waals surface area contributed by atoms with Crippen molar-refractivity contribution in [2.45, 2.75) is 33.1 Å². The van der Waals surface area contributed by atoms with Crippen LogP contribution in [0.5, 0.6) is 0 Å². The minimum absolute atomic E-state index is 0.0966. The van der Waals surface area contributed by atoms with Gasteiger partial charge in [-0.05, 0) is 32.3 Å². The predicted octanol–water partition coefficient (Wildman–Crippen LogP) is 2.97. The zero-order chi connectivity index (χ0) is 18.0. The Morgan fingerprint density at radius 1 is 1.40 bits per heavy atom. The molecular weight excluding hydrogens is 342 g/mol. The molecule has 2 aromatic heterocycles. The molecule has 1 atom stereocenters. The Hall–Kier alpha value is -2.08. The number of fused-ring (bicyclic) bond motifs is 1. The minimum atomic E-state index is -0.253. The van der Waals surface area contributed by atoms with Crippen molar-refractivity contribution in [2.24, 2.45) is 5.92 Å². The third kappa shape index (κ3) is 3.49. The summed E-state index contributed by atoms with van der Waals surface area (Å²) < 4.78 is 6.90. The summed E-state index contributed by atoms with van der Waals surface area (Å²) in [6.07, 6.45) is 3.96. The summed E-state index contributed by atoms with van der Waals surface area (Å²) in [6.45, 7) is 5.15. The van der Waals surface area contributed by atoms with Gasteiger partial charge in [0.1, 0.15) is 11.3 Å². The number of halogens is 1. The zero-order valence-corrected chi connectivity index (χ0v) is 15.3. The van der Waals surface area contributed by atoms with Gasteiger partial charge in [0.05, 0.1) is 18.2 Å². The molecule has 1 fully saturated rings. The van der Waals surface area contributed by atoms with Gasteiger partial charge in [-0.3, -0.25) is 14.0 Å². The number of carbonyl (C=O) groups is 2. The zero-order valence-electron chi connectivity index (χ0n) is 14.5. The molecule has 1 unspecified atom stereocenters. The van der Waals surface area contributed by atoms with Gasteiger partial charge < -0.3 is 9.64 Å². The Kier molecular flexibility index (Phi) is 5.27. The van der Waals surface area contributed by atoms with Gasteiger partial charge in [-0.15, -0.1) is 0 Å². The van der Waals surface area contributed by atoms with Crippen LogP contribution in [0, 0.1) is 5.92 Å². The van der Waals surface area contributed by atoms with Gasteiger partial charge in [-0.2, -0.15) is 0 Å². The lowest BCUT2D eigenvalue weighted by atomic mass is 9.98. The molecule has 1 aliphatic rings. The average Bonchev–Trinajstić information content (AvgIpc) is 2.98. The van der Waals surface area contributed by atoms with Gasteiger partial charge in [0.2, 0.25) is 0 Å². The first-order valence-electron chi connectivity index (χ1n) is 8.67. The number of amides is 1. The molecule has 0 aliphatic carbocycles. The number of hydrogen-bond acceptors (Lipinski definition) is 4. The fraction of sp³-hybridized carbons (Fsp3) is 0.500. The van der Waals surface area contributed by atoms with E-state index in [-0.39, 0.29) is 17.8 Å². The van der Waals surface area contributed by atoms with Crippen LogP contribution >= 0.6 is 11.6 Å². The van der Waals surface area contributed by atoms with Crippen molar-refractivity contribution >= 4 is 29.1 Å². The molecule has 1 amide bonds. The molecule has 0 spiro atoms. The molecule has 3 rings (SSSR count). The van der Waals surface area contributed by atoms with E-state index in [4.69, 9.17) is 16.3 Å². The van der Waals surface area contributed by atoms with Crippen molar-refractivity contribution < 1.29 is 14.3 Å². The van der Waals surface area contributed by atoms with Gasteiger partial charge in [0, 0.05) is 30.4 Å². The van der Waals surface area contributed by atoms with Gasteiger partial charge in [-0.1, -0.05) is 18.5 Å².